The van der Waals surface area contributed by atoms with Crippen LogP contribution in [-0.4, -0.2) is 30.9 Å². The highest BCUT2D eigenvalue weighted by molar-refractivity contribution is 7.07. The van der Waals surface area contributed by atoms with E-state index in [1.54, 1.807) is 45.2 Å². The van der Waals surface area contributed by atoms with Gasteiger partial charge in [-0.25, -0.2) is 9.79 Å². The van der Waals surface area contributed by atoms with Crippen molar-refractivity contribution >= 4 is 23.4 Å². The second kappa shape index (κ2) is 13.4. The predicted molar refractivity (Wildman–Crippen MR) is 166 cm³/mol. The zero-order chi connectivity index (χ0) is 31.2. The molecule has 1 aliphatic rings. The number of para-hydroxylation sites is 1. The van der Waals surface area contributed by atoms with Gasteiger partial charge in [-0.2, -0.15) is 5.26 Å². The number of carbonyl (C=O) groups excluding carboxylic acids is 1. The molecule has 5 rings (SSSR count). The molecule has 3 aromatic carbocycles. The number of methoxy groups -OCH3 is 1. The summed E-state index contributed by atoms with van der Waals surface area (Å²) >= 11 is 1.24. The Balaban J connectivity index is 1.55. The molecule has 1 aliphatic heterocycles. The molecule has 1 atom stereocenters. The molecule has 9 nitrogen and oxygen atoms in total. The van der Waals surface area contributed by atoms with Crippen LogP contribution < -0.4 is 29.1 Å². The number of aromatic nitrogens is 1. The minimum atomic E-state index is -0.837. The molecule has 0 saturated heterocycles. The first kappa shape index (κ1) is 30.3. The molecule has 0 radical (unpaired) electrons. The summed E-state index contributed by atoms with van der Waals surface area (Å²) in [5.74, 6) is 1.02. The molecule has 4 aromatic rings. The van der Waals surface area contributed by atoms with Gasteiger partial charge in [-0.05, 0) is 56.7 Å². The van der Waals surface area contributed by atoms with E-state index in [0.717, 1.165) is 11.1 Å². The van der Waals surface area contributed by atoms with Crippen molar-refractivity contribution in [2.24, 2.45) is 4.99 Å². The van der Waals surface area contributed by atoms with Gasteiger partial charge in [0, 0.05) is 11.1 Å². The molecule has 0 unspecified atom stereocenters. The Hall–Kier alpha value is -5.14. The van der Waals surface area contributed by atoms with Crippen molar-refractivity contribution in [3.05, 3.63) is 120 Å². The number of allylic oxidation sites excluding steroid dienone is 1. The minimum Gasteiger partial charge on any atom is -0.493 e. The standard InChI is InChI=1S/C34H31N3O6S/c1-5-41-31-26(12-9-13-27(31)40-4)30-29(33(39)42-6-2)21(3)36-34-37(30)32(38)28(44-34)18-22-14-16-25(17-15-22)43-20-24-11-8-7-10-23(24)19-35/h7-18,30H,5-6,20H2,1-4H3/b28-18+/t30-/m0/s1. The van der Waals surface area contributed by atoms with E-state index in [1.807, 2.05) is 55.5 Å². The van der Waals surface area contributed by atoms with Gasteiger partial charge in [0.2, 0.25) is 0 Å². The van der Waals surface area contributed by atoms with Gasteiger partial charge in [0.05, 0.1) is 47.8 Å². The highest BCUT2D eigenvalue weighted by Gasteiger charge is 2.36. The lowest BCUT2D eigenvalue weighted by molar-refractivity contribution is -0.139. The Morgan fingerprint density at radius 2 is 1.82 bits per heavy atom. The number of hydrogen-bond donors (Lipinski definition) is 0. The molecule has 1 aromatic heterocycles. The van der Waals surface area contributed by atoms with E-state index in [4.69, 9.17) is 18.9 Å². The van der Waals surface area contributed by atoms with Crippen molar-refractivity contribution in [2.45, 2.75) is 33.4 Å². The first-order valence-electron chi connectivity index (χ1n) is 14.1. The lowest BCUT2D eigenvalue weighted by atomic mass is 9.94. The quantitative estimate of drug-likeness (QED) is 0.241. The summed E-state index contributed by atoms with van der Waals surface area (Å²) in [7, 11) is 1.54. The van der Waals surface area contributed by atoms with Crippen molar-refractivity contribution < 1.29 is 23.7 Å². The molecule has 0 fully saturated rings. The number of esters is 1. The van der Waals surface area contributed by atoms with E-state index in [1.165, 1.54) is 15.9 Å². The minimum absolute atomic E-state index is 0.174. The van der Waals surface area contributed by atoms with E-state index in [-0.39, 0.29) is 24.3 Å². The maximum Gasteiger partial charge on any atom is 0.338 e. The molecule has 0 saturated carbocycles. The van der Waals surface area contributed by atoms with Crippen LogP contribution in [0.5, 0.6) is 17.2 Å². The summed E-state index contributed by atoms with van der Waals surface area (Å²) in [6, 6.07) is 21.4. The van der Waals surface area contributed by atoms with Crippen molar-refractivity contribution in [1.82, 2.24) is 4.57 Å². The third kappa shape index (κ3) is 6.00. The Morgan fingerprint density at radius 1 is 1.05 bits per heavy atom. The number of carbonyl (C=O) groups is 1. The summed E-state index contributed by atoms with van der Waals surface area (Å²) in [4.78, 5) is 32.4. The number of fused-ring (bicyclic) bond motifs is 1. The second-order valence-electron chi connectivity index (χ2n) is 9.74. The Kier molecular flexibility index (Phi) is 9.26. The van der Waals surface area contributed by atoms with Crippen LogP contribution in [0.1, 0.15) is 49.1 Å². The largest absolute Gasteiger partial charge is 0.493 e. The number of benzene rings is 3. The average Bonchev–Trinajstić information content (AvgIpc) is 3.34. The van der Waals surface area contributed by atoms with Crippen molar-refractivity contribution in [1.29, 1.82) is 5.26 Å². The average molecular weight is 610 g/mol. The zero-order valence-corrected chi connectivity index (χ0v) is 25.6. The maximum absolute atomic E-state index is 14.0. The monoisotopic (exact) mass is 609 g/mol. The number of nitrogens with zero attached hydrogens (tertiary/aromatic N) is 3. The fraction of sp³-hybridized carbons (Fsp3) is 0.235. The van der Waals surface area contributed by atoms with E-state index >= 15 is 0 Å². The lowest BCUT2D eigenvalue weighted by Crippen LogP contribution is -2.40. The SMILES string of the molecule is CCOC(=O)C1=C(C)N=c2s/c(=C/c3ccc(OCc4ccccc4C#N)cc3)c(=O)n2[C@H]1c1cccc(OC)c1OCC. The molecule has 224 valence electrons. The van der Waals surface area contributed by atoms with Crippen molar-refractivity contribution in [3.63, 3.8) is 0 Å². The molecule has 44 heavy (non-hydrogen) atoms. The Morgan fingerprint density at radius 3 is 2.52 bits per heavy atom. The molecule has 10 heteroatoms. The Bertz CT molecular complexity index is 1950. The van der Waals surface area contributed by atoms with E-state index < -0.39 is 12.0 Å². The highest BCUT2D eigenvalue weighted by atomic mass is 32.1. The molecule has 0 N–H and O–H groups in total. The number of ether oxygens (including phenoxy) is 4. The normalized spacial score (nSPS) is 14.3. The van der Waals surface area contributed by atoms with Gasteiger partial charge in [-0.15, -0.1) is 0 Å². The van der Waals surface area contributed by atoms with Gasteiger partial charge < -0.3 is 18.9 Å². The third-order valence-corrected chi connectivity index (χ3v) is 8.02. The van der Waals surface area contributed by atoms with Crippen LogP contribution in [0.4, 0.5) is 0 Å². The summed E-state index contributed by atoms with van der Waals surface area (Å²) in [5, 5.41) is 9.32. The summed E-state index contributed by atoms with van der Waals surface area (Å²) in [5.41, 5.74) is 3.18. The highest BCUT2D eigenvalue weighted by Crippen LogP contribution is 2.40. The van der Waals surface area contributed by atoms with Gasteiger partial charge in [0.1, 0.15) is 18.4 Å². The molecule has 0 aliphatic carbocycles. The molecule has 0 bridgehead atoms. The van der Waals surface area contributed by atoms with Crippen LogP contribution >= 0.6 is 11.3 Å². The van der Waals surface area contributed by atoms with Crippen LogP contribution in [-0.2, 0) is 16.1 Å². The van der Waals surface area contributed by atoms with Gasteiger partial charge in [-0.3, -0.25) is 9.36 Å². The van der Waals surface area contributed by atoms with Crippen LogP contribution in [0, 0.1) is 11.3 Å². The topological polar surface area (TPSA) is 112 Å². The van der Waals surface area contributed by atoms with Crippen LogP contribution in [0.15, 0.2) is 87.8 Å². The zero-order valence-electron chi connectivity index (χ0n) is 24.8. The smallest absolute Gasteiger partial charge is 0.338 e. The number of rotatable bonds is 10. The second-order valence-corrected chi connectivity index (χ2v) is 10.7. The van der Waals surface area contributed by atoms with Gasteiger partial charge >= 0.3 is 5.97 Å². The van der Waals surface area contributed by atoms with E-state index in [9.17, 15) is 14.9 Å². The predicted octanol–water partition coefficient (Wildman–Crippen LogP) is 4.66. The Labute approximate surface area is 258 Å². The first-order chi connectivity index (χ1) is 21.4. The fourth-order valence-electron chi connectivity index (χ4n) is 5.02. The molecule has 0 amide bonds. The third-order valence-electron chi connectivity index (χ3n) is 7.04. The van der Waals surface area contributed by atoms with Crippen LogP contribution in [0.25, 0.3) is 6.08 Å². The molecular formula is C34H31N3O6S. The van der Waals surface area contributed by atoms with Crippen molar-refractivity contribution in [2.75, 3.05) is 20.3 Å². The molecule has 0 spiro atoms. The van der Waals surface area contributed by atoms with Crippen LogP contribution in [0.3, 0.4) is 0 Å². The van der Waals surface area contributed by atoms with E-state index in [0.29, 0.717) is 50.0 Å². The summed E-state index contributed by atoms with van der Waals surface area (Å²) in [6.45, 7) is 6.13. The maximum atomic E-state index is 14.0. The molecular weight excluding hydrogens is 578 g/mol. The number of hydrogen-bond acceptors (Lipinski definition) is 9. The van der Waals surface area contributed by atoms with Gasteiger partial charge in [0.15, 0.2) is 16.3 Å². The van der Waals surface area contributed by atoms with Crippen molar-refractivity contribution in [3.8, 4) is 23.3 Å². The lowest BCUT2D eigenvalue weighted by Gasteiger charge is -2.26. The first-order valence-corrected chi connectivity index (χ1v) is 14.9. The van der Waals surface area contributed by atoms with E-state index in [2.05, 4.69) is 11.1 Å². The van der Waals surface area contributed by atoms with Gasteiger partial charge in [0.25, 0.3) is 5.56 Å². The van der Waals surface area contributed by atoms with Gasteiger partial charge in [-0.1, -0.05) is 53.8 Å². The summed E-state index contributed by atoms with van der Waals surface area (Å²) < 4.78 is 24.8. The molecule has 2 heterocycles. The number of thiazole rings is 1. The number of nitriles is 1. The summed E-state index contributed by atoms with van der Waals surface area (Å²) in [6.07, 6.45) is 1.79. The van der Waals surface area contributed by atoms with Crippen LogP contribution in [0.2, 0.25) is 0 Å². The fourth-order valence-corrected chi connectivity index (χ4v) is 6.07.